The number of para-hydroxylation sites is 2. The highest BCUT2D eigenvalue weighted by Crippen LogP contribution is 2.27. The molecule has 0 spiro atoms. The van der Waals surface area contributed by atoms with Crippen molar-refractivity contribution in [3.63, 3.8) is 0 Å². The van der Waals surface area contributed by atoms with Crippen molar-refractivity contribution in [3.8, 4) is 5.75 Å². The maximum Gasteiger partial charge on any atom is 0.141 e. The Labute approximate surface area is 120 Å². The first-order valence-electron chi connectivity index (χ1n) is 6.81. The fourth-order valence-electron chi connectivity index (χ4n) is 2.28. The van der Waals surface area contributed by atoms with Crippen LogP contribution in [0.3, 0.4) is 0 Å². The molecule has 0 amide bonds. The number of methoxy groups -OCH3 is 1. The summed E-state index contributed by atoms with van der Waals surface area (Å²) in [5, 5.41) is 13.1. The van der Waals surface area contributed by atoms with E-state index < -0.39 is 0 Å². The largest absolute Gasteiger partial charge is 0.495 e. The Morgan fingerprint density at radius 3 is 2.35 bits per heavy atom. The van der Waals surface area contributed by atoms with Crippen LogP contribution in [0.25, 0.3) is 0 Å². The predicted octanol–water partition coefficient (Wildman–Crippen LogP) is 3.27. The van der Waals surface area contributed by atoms with Crippen molar-refractivity contribution in [2.24, 2.45) is 0 Å². The summed E-state index contributed by atoms with van der Waals surface area (Å²) in [4.78, 5) is 0. The van der Waals surface area contributed by atoms with Crippen molar-refractivity contribution in [1.82, 2.24) is 0 Å². The second-order valence-corrected chi connectivity index (χ2v) is 4.83. The molecule has 2 aromatic rings. The Kier molecular flexibility index (Phi) is 5.02. The first-order chi connectivity index (χ1) is 9.76. The molecule has 2 atom stereocenters. The molecule has 2 aromatic carbocycles. The van der Waals surface area contributed by atoms with Gasteiger partial charge in [-0.2, -0.15) is 0 Å². The van der Waals surface area contributed by atoms with Gasteiger partial charge in [0.2, 0.25) is 0 Å². The van der Waals surface area contributed by atoms with E-state index in [4.69, 9.17) is 4.74 Å². The van der Waals surface area contributed by atoms with E-state index in [2.05, 4.69) is 24.4 Å². The lowest BCUT2D eigenvalue weighted by Gasteiger charge is -2.25. The summed E-state index contributed by atoms with van der Waals surface area (Å²) < 4.78 is 5.33. The van der Waals surface area contributed by atoms with Gasteiger partial charge in [-0.25, -0.2) is 0 Å². The number of hydrogen-bond acceptors (Lipinski definition) is 3. The van der Waals surface area contributed by atoms with Gasteiger partial charge in [-0.15, -0.1) is 0 Å². The Hall–Kier alpha value is -2.00. The van der Waals surface area contributed by atoms with Crippen molar-refractivity contribution in [1.29, 1.82) is 0 Å². The Balaban J connectivity index is 2.17. The third-order valence-electron chi connectivity index (χ3n) is 3.57. The van der Waals surface area contributed by atoms with E-state index in [0.717, 1.165) is 11.4 Å². The monoisotopic (exact) mass is 271 g/mol. The summed E-state index contributed by atoms with van der Waals surface area (Å²) in [5.41, 5.74) is 2.10. The molecule has 20 heavy (non-hydrogen) atoms. The summed E-state index contributed by atoms with van der Waals surface area (Å²) in [7, 11) is 1.65. The number of hydrogen-bond donors (Lipinski definition) is 2. The predicted molar refractivity (Wildman–Crippen MR) is 82.3 cm³/mol. The molecule has 0 fully saturated rings. The van der Waals surface area contributed by atoms with E-state index in [-0.39, 0.29) is 18.6 Å². The van der Waals surface area contributed by atoms with Crippen molar-refractivity contribution >= 4 is 5.69 Å². The van der Waals surface area contributed by atoms with E-state index >= 15 is 0 Å². The molecule has 0 aromatic heterocycles. The van der Waals surface area contributed by atoms with Crippen molar-refractivity contribution in [2.75, 3.05) is 19.0 Å². The number of nitrogens with one attached hydrogen (secondary N) is 1. The SMILES string of the molecule is COc1ccccc1NC(CO)C(C)c1ccccc1. The summed E-state index contributed by atoms with van der Waals surface area (Å²) in [6.07, 6.45) is 0. The highest BCUT2D eigenvalue weighted by molar-refractivity contribution is 5.57. The average molecular weight is 271 g/mol. The molecular weight excluding hydrogens is 250 g/mol. The van der Waals surface area contributed by atoms with Crippen molar-refractivity contribution in [2.45, 2.75) is 18.9 Å². The van der Waals surface area contributed by atoms with Gasteiger partial charge in [-0.05, 0) is 17.7 Å². The minimum absolute atomic E-state index is 0.0614. The first kappa shape index (κ1) is 14.4. The van der Waals surface area contributed by atoms with Crippen LogP contribution < -0.4 is 10.1 Å². The van der Waals surface area contributed by atoms with Crippen LogP contribution in [0, 0.1) is 0 Å². The maximum atomic E-state index is 9.68. The fraction of sp³-hybridized carbons (Fsp3) is 0.294. The zero-order valence-electron chi connectivity index (χ0n) is 11.9. The van der Waals surface area contributed by atoms with Gasteiger partial charge < -0.3 is 15.2 Å². The lowest BCUT2D eigenvalue weighted by molar-refractivity contribution is 0.261. The topological polar surface area (TPSA) is 41.5 Å². The maximum absolute atomic E-state index is 9.68. The molecular formula is C17H21NO2. The van der Waals surface area contributed by atoms with Gasteiger partial charge in [0.05, 0.1) is 25.4 Å². The molecule has 0 heterocycles. The summed E-state index contributed by atoms with van der Waals surface area (Å²) >= 11 is 0. The van der Waals surface area contributed by atoms with Crippen LogP contribution in [0.4, 0.5) is 5.69 Å². The van der Waals surface area contributed by atoms with Gasteiger partial charge in [-0.3, -0.25) is 0 Å². The summed E-state index contributed by atoms with van der Waals surface area (Å²) in [6.45, 7) is 2.17. The zero-order chi connectivity index (χ0) is 14.4. The van der Waals surface area contributed by atoms with Crippen LogP contribution in [0.15, 0.2) is 54.6 Å². The van der Waals surface area contributed by atoms with Gasteiger partial charge in [-0.1, -0.05) is 49.4 Å². The van der Waals surface area contributed by atoms with Gasteiger partial charge in [0.15, 0.2) is 0 Å². The van der Waals surface area contributed by atoms with E-state index in [0.29, 0.717) is 0 Å². The second kappa shape index (κ2) is 6.96. The van der Waals surface area contributed by atoms with E-state index in [1.165, 1.54) is 5.56 Å². The zero-order valence-corrected chi connectivity index (χ0v) is 11.9. The minimum atomic E-state index is -0.0614. The molecule has 0 aliphatic heterocycles. The van der Waals surface area contributed by atoms with E-state index in [9.17, 15) is 5.11 Å². The Morgan fingerprint density at radius 1 is 1.05 bits per heavy atom. The van der Waals surface area contributed by atoms with Crippen LogP contribution in [0.2, 0.25) is 0 Å². The molecule has 0 bridgehead atoms. The number of ether oxygens (including phenoxy) is 1. The quantitative estimate of drug-likeness (QED) is 0.847. The van der Waals surface area contributed by atoms with Crippen LogP contribution in [0.1, 0.15) is 18.4 Å². The lowest BCUT2D eigenvalue weighted by atomic mass is 9.93. The van der Waals surface area contributed by atoms with Gasteiger partial charge in [0, 0.05) is 5.92 Å². The highest BCUT2D eigenvalue weighted by atomic mass is 16.5. The molecule has 0 radical (unpaired) electrons. The van der Waals surface area contributed by atoms with Crippen LogP contribution in [0.5, 0.6) is 5.75 Å². The van der Waals surface area contributed by atoms with Crippen molar-refractivity contribution in [3.05, 3.63) is 60.2 Å². The smallest absolute Gasteiger partial charge is 0.141 e. The van der Waals surface area contributed by atoms with Gasteiger partial charge in [0.1, 0.15) is 5.75 Å². The average Bonchev–Trinajstić information content (AvgIpc) is 2.53. The normalized spacial score (nSPS) is 13.6. The number of aliphatic hydroxyl groups excluding tert-OH is 1. The second-order valence-electron chi connectivity index (χ2n) is 4.83. The molecule has 2 unspecified atom stereocenters. The molecule has 0 aliphatic rings. The third-order valence-corrected chi connectivity index (χ3v) is 3.57. The number of rotatable bonds is 6. The van der Waals surface area contributed by atoms with E-state index in [1.54, 1.807) is 7.11 Å². The molecule has 0 aliphatic carbocycles. The van der Waals surface area contributed by atoms with Gasteiger partial charge in [0.25, 0.3) is 0 Å². The van der Waals surface area contributed by atoms with Crippen LogP contribution >= 0.6 is 0 Å². The molecule has 3 heteroatoms. The fourth-order valence-corrected chi connectivity index (χ4v) is 2.28. The molecule has 106 valence electrons. The Bertz CT molecular complexity index is 528. The third kappa shape index (κ3) is 3.31. The van der Waals surface area contributed by atoms with Crippen molar-refractivity contribution < 1.29 is 9.84 Å². The number of anilines is 1. The molecule has 3 nitrogen and oxygen atoms in total. The molecule has 0 saturated carbocycles. The lowest BCUT2D eigenvalue weighted by Crippen LogP contribution is -2.29. The molecule has 2 N–H and O–H groups in total. The molecule has 0 saturated heterocycles. The summed E-state index contributed by atoms with van der Waals surface area (Å²) in [6, 6.07) is 17.9. The minimum Gasteiger partial charge on any atom is -0.495 e. The highest BCUT2D eigenvalue weighted by Gasteiger charge is 2.19. The van der Waals surface area contributed by atoms with Crippen LogP contribution in [-0.4, -0.2) is 24.9 Å². The van der Waals surface area contributed by atoms with E-state index in [1.807, 2.05) is 42.5 Å². The molecule has 2 rings (SSSR count). The first-order valence-corrected chi connectivity index (χ1v) is 6.81. The Morgan fingerprint density at radius 2 is 1.70 bits per heavy atom. The standard InChI is InChI=1S/C17H21NO2/c1-13(14-8-4-3-5-9-14)16(12-19)18-15-10-6-7-11-17(15)20-2/h3-11,13,16,18-19H,12H2,1-2H3. The number of aliphatic hydroxyl groups is 1. The number of benzene rings is 2. The van der Waals surface area contributed by atoms with Crippen LogP contribution in [-0.2, 0) is 0 Å². The van der Waals surface area contributed by atoms with Gasteiger partial charge >= 0.3 is 0 Å². The summed E-state index contributed by atoms with van der Waals surface area (Å²) in [5.74, 6) is 0.984.